The number of fused-ring (bicyclic) bond motifs is 1. The maximum Gasteiger partial charge on any atom is 0.222 e. The Balaban J connectivity index is 1.49. The van der Waals surface area contributed by atoms with Crippen molar-refractivity contribution in [2.75, 3.05) is 5.32 Å². The summed E-state index contributed by atoms with van der Waals surface area (Å²) in [5.74, 6) is -0.114. The summed E-state index contributed by atoms with van der Waals surface area (Å²) in [6.07, 6.45) is 2.16. The molecule has 3 aromatic rings. The minimum atomic E-state index is -0.104. The van der Waals surface area contributed by atoms with E-state index < -0.39 is 0 Å². The molecule has 0 radical (unpaired) electrons. The minimum Gasteiger partial charge on any atom is -0.352 e. The highest BCUT2D eigenvalue weighted by Crippen LogP contribution is 2.12. The first-order chi connectivity index (χ1) is 12.1. The number of anilines is 1. The molecule has 1 heterocycles. The quantitative estimate of drug-likeness (QED) is 0.727. The number of aromatic nitrogens is 2. The van der Waals surface area contributed by atoms with Crippen molar-refractivity contribution in [1.29, 1.82) is 0 Å². The molecule has 6 nitrogen and oxygen atoms in total. The zero-order valence-electron chi connectivity index (χ0n) is 14.0. The molecule has 25 heavy (non-hydrogen) atoms. The highest BCUT2D eigenvalue weighted by atomic mass is 16.2. The van der Waals surface area contributed by atoms with Gasteiger partial charge in [0.25, 0.3) is 0 Å². The summed E-state index contributed by atoms with van der Waals surface area (Å²) in [6, 6.07) is 15.3. The minimum absolute atomic E-state index is 0.0104. The number of benzene rings is 2. The first-order valence-corrected chi connectivity index (χ1v) is 8.15. The number of imidazole rings is 1. The van der Waals surface area contributed by atoms with Crippen molar-refractivity contribution in [1.82, 2.24) is 14.9 Å². The topological polar surface area (TPSA) is 76.0 Å². The number of amides is 2. The molecule has 2 N–H and O–H groups in total. The fraction of sp³-hybridized carbons (Fsp3) is 0.211. The van der Waals surface area contributed by atoms with Crippen LogP contribution in [0.2, 0.25) is 0 Å². The van der Waals surface area contributed by atoms with E-state index in [1.165, 1.54) is 6.92 Å². The predicted molar refractivity (Wildman–Crippen MR) is 96.9 cm³/mol. The molecular weight excluding hydrogens is 316 g/mol. The van der Waals surface area contributed by atoms with Crippen LogP contribution in [0, 0.1) is 0 Å². The van der Waals surface area contributed by atoms with Crippen LogP contribution in [0.25, 0.3) is 11.0 Å². The van der Waals surface area contributed by atoms with E-state index in [4.69, 9.17) is 0 Å². The Kier molecular flexibility index (Phi) is 5.09. The molecule has 0 saturated carbocycles. The van der Waals surface area contributed by atoms with Crippen molar-refractivity contribution >= 4 is 28.5 Å². The van der Waals surface area contributed by atoms with Crippen LogP contribution in [-0.4, -0.2) is 21.4 Å². The van der Waals surface area contributed by atoms with Crippen LogP contribution in [0.1, 0.15) is 18.9 Å². The number of hydrogen-bond acceptors (Lipinski definition) is 3. The summed E-state index contributed by atoms with van der Waals surface area (Å²) in [4.78, 5) is 27.4. The lowest BCUT2D eigenvalue weighted by molar-refractivity contribution is -0.121. The van der Waals surface area contributed by atoms with Crippen LogP contribution in [0.5, 0.6) is 0 Å². The number of carbonyl (C=O) groups excluding carboxylic acids is 2. The summed E-state index contributed by atoms with van der Waals surface area (Å²) in [5.41, 5.74) is 3.69. The van der Waals surface area contributed by atoms with Gasteiger partial charge in [-0.3, -0.25) is 9.59 Å². The number of rotatable bonds is 6. The monoisotopic (exact) mass is 336 g/mol. The molecule has 0 aliphatic rings. The zero-order valence-corrected chi connectivity index (χ0v) is 14.0. The Hall–Kier alpha value is -3.15. The largest absolute Gasteiger partial charge is 0.352 e. The second-order valence-electron chi connectivity index (χ2n) is 5.83. The van der Waals surface area contributed by atoms with Gasteiger partial charge in [0.15, 0.2) is 0 Å². The van der Waals surface area contributed by atoms with Gasteiger partial charge in [0.2, 0.25) is 11.8 Å². The average Bonchev–Trinajstić information content (AvgIpc) is 3.02. The molecule has 0 spiro atoms. The van der Waals surface area contributed by atoms with Gasteiger partial charge in [-0.1, -0.05) is 24.3 Å². The van der Waals surface area contributed by atoms with Crippen molar-refractivity contribution < 1.29 is 9.59 Å². The molecule has 0 aliphatic heterocycles. The molecule has 0 fully saturated rings. The first kappa shape index (κ1) is 16.7. The summed E-state index contributed by atoms with van der Waals surface area (Å²) in [6.45, 7) is 2.52. The molecule has 6 heteroatoms. The van der Waals surface area contributed by atoms with Crippen LogP contribution in [0.15, 0.2) is 54.9 Å². The number of hydrogen-bond donors (Lipinski definition) is 2. The van der Waals surface area contributed by atoms with E-state index in [-0.39, 0.29) is 11.8 Å². The maximum absolute atomic E-state index is 12.1. The van der Waals surface area contributed by atoms with E-state index >= 15 is 0 Å². The lowest BCUT2D eigenvalue weighted by Crippen LogP contribution is -2.23. The van der Waals surface area contributed by atoms with Crippen molar-refractivity contribution in [3.63, 3.8) is 0 Å². The van der Waals surface area contributed by atoms with Crippen molar-refractivity contribution in [3.05, 3.63) is 60.4 Å². The Morgan fingerprint density at radius 2 is 1.84 bits per heavy atom. The third-order valence-electron chi connectivity index (χ3n) is 3.87. The summed E-state index contributed by atoms with van der Waals surface area (Å²) in [5, 5.41) is 5.62. The van der Waals surface area contributed by atoms with E-state index in [1.54, 1.807) is 6.33 Å². The molecule has 2 amide bonds. The Bertz CT molecular complexity index is 884. The normalized spacial score (nSPS) is 10.6. The van der Waals surface area contributed by atoms with Crippen LogP contribution in [0.3, 0.4) is 0 Å². The fourth-order valence-corrected chi connectivity index (χ4v) is 2.61. The molecule has 0 saturated heterocycles. The Morgan fingerprint density at radius 1 is 1.08 bits per heavy atom. The van der Waals surface area contributed by atoms with Crippen molar-refractivity contribution in [2.24, 2.45) is 0 Å². The van der Waals surface area contributed by atoms with Gasteiger partial charge < -0.3 is 15.2 Å². The first-order valence-electron chi connectivity index (χ1n) is 8.15. The molecule has 1 aromatic heterocycles. The van der Waals surface area contributed by atoms with Crippen LogP contribution < -0.4 is 10.6 Å². The van der Waals surface area contributed by atoms with E-state index in [2.05, 4.69) is 15.6 Å². The van der Waals surface area contributed by atoms with Gasteiger partial charge in [0.1, 0.15) is 0 Å². The highest BCUT2D eigenvalue weighted by molar-refractivity contribution is 5.88. The standard InChI is InChI=1S/C19H20N4O2/c1-14(24)22-16-8-6-15(7-9-16)12-20-19(25)10-11-23-13-21-17-4-2-3-5-18(17)23/h2-9,13H,10-12H2,1H3,(H,20,25)(H,22,24). The van der Waals surface area contributed by atoms with Crippen molar-refractivity contribution in [2.45, 2.75) is 26.4 Å². The predicted octanol–water partition coefficient (Wildman–Crippen LogP) is 2.70. The molecule has 128 valence electrons. The van der Waals surface area contributed by atoms with Gasteiger partial charge in [-0.15, -0.1) is 0 Å². The lowest BCUT2D eigenvalue weighted by atomic mass is 10.2. The highest BCUT2D eigenvalue weighted by Gasteiger charge is 2.05. The molecule has 0 unspecified atom stereocenters. The van der Waals surface area contributed by atoms with Gasteiger partial charge in [-0.05, 0) is 29.8 Å². The maximum atomic E-state index is 12.1. The molecule has 2 aromatic carbocycles. The molecular formula is C19H20N4O2. The van der Waals surface area contributed by atoms with E-state index in [1.807, 2.05) is 53.1 Å². The molecule has 0 bridgehead atoms. The number of nitrogens with zero attached hydrogens (tertiary/aromatic N) is 2. The third kappa shape index (κ3) is 4.44. The zero-order chi connectivity index (χ0) is 17.6. The van der Waals surface area contributed by atoms with E-state index in [9.17, 15) is 9.59 Å². The van der Waals surface area contributed by atoms with Gasteiger partial charge >= 0.3 is 0 Å². The van der Waals surface area contributed by atoms with E-state index in [0.717, 1.165) is 22.3 Å². The summed E-state index contributed by atoms with van der Waals surface area (Å²) in [7, 11) is 0. The second kappa shape index (κ2) is 7.61. The van der Waals surface area contributed by atoms with Gasteiger partial charge in [0, 0.05) is 32.1 Å². The van der Waals surface area contributed by atoms with Gasteiger partial charge in [-0.2, -0.15) is 0 Å². The van der Waals surface area contributed by atoms with Crippen LogP contribution in [0.4, 0.5) is 5.69 Å². The Morgan fingerprint density at radius 3 is 2.60 bits per heavy atom. The number of carbonyl (C=O) groups is 2. The van der Waals surface area contributed by atoms with Gasteiger partial charge in [-0.25, -0.2) is 4.98 Å². The third-order valence-corrected chi connectivity index (χ3v) is 3.87. The van der Waals surface area contributed by atoms with E-state index in [0.29, 0.717) is 19.5 Å². The fourth-order valence-electron chi connectivity index (χ4n) is 2.61. The smallest absolute Gasteiger partial charge is 0.222 e. The number of aryl methyl sites for hydroxylation is 1. The lowest BCUT2D eigenvalue weighted by Gasteiger charge is -2.08. The number of nitrogens with one attached hydrogen (secondary N) is 2. The van der Waals surface area contributed by atoms with Gasteiger partial charge in [0.05, 0.1) is 17.4 Å². The molecule has 3 rings (SSSR count). The Labute approximate surface area is 145 Å². The molecule has 0 atom stereocenters. The summed E-state index contributed by atoms with van der Waals surface area (Å²) < 4.78 is 1.98. The SMILES string of the molecule is CC(=O)Nc1ccc(CNC(=O)CCn2cnc3ccccc32)cc1. The number of para-hydroxylation sites is 2. The molecule has 0 aliphatic carbocycles. The summed E-state index contributed by atoms with van der Waals surface area (Å²) >= 11 is 0. The van der Waals surface area contributed by atoms with Crippen molar-refractivity contribution in [3.8, 4) is 0 Å². The average molecular weight is 336 g/mol. The van der Waals surface area contributed by atoms with Crippen LogP contribution >= 0.6 is 0 Å². The second-order valence-corrected chi connectivity index (χ2v) is 5.83. The van der Waals surface area contributed by atoms with Crippen LogP contribution in [-0.2, 0) is 22.7 Å².